The van der Waals surface area contributed by atoms with Gasteiger partial charge in [0.05, 0.1) is 22.5 Å². The molecule has 0 radical (unpaired) electrons. The van der Waals surface area contributed by atoms with Gasteiger partial charge in [0.25, 0.3) is 0 Å². The van der Waals surface area contributed by atoms with E-state index in [-0.39, 0.29) is 5.91 Å². The van der Waals surface area contributed by atoms with Crippen molar-refractivity contribution >= 4 is 44.4 Å². The number of nitrogens with zero attached hydrogens (tertiary/aromatic N) is 3. The van der Waals surface area contributed by atoms with Crippen molar-refractivity contribution in [1.29, 1.82) is 0 Å². The molecule has 0 aliphatic heterocycles. The predicted octanol–water partition coefficient (Wildman–Crippen LogP) is 6.28. The van der Waals surface area contributed by atoms with Gasteiger partial charge in [0.2, 0.25) is 5.91 Å². The van der Waals surface area contributed by atoms with Gasteiger partial charge in [-0.1, -0.05) is 54.2 Å². The number of hydrogen-bond donors (Lipinski definition) is 0. The van der Waals surface area contributed by atoms with Crippen molar-refractivity contribution in [2.45, 2.75) is 38.1 Å². The van der Waals surface area contributed by atoms with E-state index < -0.39 is 0 Å². The minimum absolute atomic E-state index is 0.0716. The molecule has 0 saturated carbocycles. The number of carbonyl (C=O) groups excluding carboxylic acids is 1. The molecule has 2 heterocycles. The average molecular weight is 448 g/mol. The fourth-order valence-corrected chi connectivity index (χ4v) is 5.21. The highest BCUT2D eigenvalue weighted by Crippen LogP contribution is 2.32. The second-order valence-corrected chi connectivity index (χ2v) is 9.50. The molecule has 0 aliphatic carbocycles. The fraction of sp³-hybridized carbons (Fsp3) is 0.240. The summed E-state index contributed by atoms with van der Waals surface area (Å²) < 4.78 is 1.11. The van der Waals surface area contributed by atoms with E-state index in [9.17, 15) is 4.79 Å². The first-order valence-corrected chi connectivity index (χ1v) is 12.2. The van der Waals surface area contributed by atoms with Crippen molar-refractivity contribution in [2.75, 3.05) is 10.7 Å². The Hall–Kier alpha value is -2.70. The van der Waals surface area contributed by atoms with Crippen LogP contribution in [-0.2, 0) is 17.8 Å². The fourth-order valence-electron chi connectivity index (χ4n) is 3.34. The molecule has 4 rings (SSSR count). The van der Waals surface area contributed by atoms with Gasteiger partial charge >= 0.3 is 0 Å². The van der Waals surface area contributed by atoms with Crippen LogP contribution >= 0.6 is 23.1 Å². The highest BCUT2D eigenvalue weighted by molar-refractivity contribution is 7.99. The number of pyridine rings is 1. The summed E-state index contributed by atoms with van der Waals surface area (Å²) in [4.78, 5) is 25.5. The molecule has 0 N–H and O–H groups in total. The van der Waals surface area contributed by atoms with Crippen LogP contribution in [0.5, 0.6) is 0 Å². The van der Waals surface area contributed by atoms with Gasteiger partial charge in [-0.2, -0.15) is 0 Å². The largest absolute Gasteiger partial charge is 0.282 e. The number of fused-ring (bicyclic) bond motifs is 1. The van der Waals surface area contributed by atoms with Gasteiger partial charge in [-0.15, -0.1) is 11.8 Å². The molecule has 0 saturated heterocycles. The summed E-state index contributed by atoms with van der Waals surface area (Å²) in [6.45, 7) is 4.64. The number of carbonyl (C=O) groups is 1. The van der Waals surface area contributed by atoms with E-state index in [2.05, 4.69) is 61.3 Å². The third-order valence-electron chi connectivity index (χ3n) is 5.06. The minimum atomic E-state index is 0.0716. The van der Waals surface area contributed by atoms with Gasteiger partial charge in [-0.25, -0.2) is 4.98 Å². The number of thioether (sulfide) groups is 1. The van der Waals surface area contributed by atoms with E-state index in [1.807, 2.05) is 18.2 Å². The number of anilines is 1. The zero-order valence-electron chi connectivity index (χ0n) is 17.7. The molecule has 1 amide bonds. The second kappa shape index (κ2) is 10.1. The molecule has 0 unspecified atom stereocenters. The van der Waals surface area contributed by atoms with Crippen LogP contribution < -0.4 is 4.90 Å². The smallest absolute Gasteiger partial charge is 0.229 e. The lowest BCUT2D eigenvalue weighted by Crippen LogP contribution is -2.30. The zero-order valence-corrected chi connectivity index (χ0v) is 19.4. The highest BCUT2D eigenvalue weighted by atomic mass is 32.2. The number of amides is 1. The summed E-state index contributed by atoms with van der Waals surface area (Å²) >= 11 is 3.28. The summed E-state index contributed by atoms with van der Waals surface area (Å²) in [6, 6.07) is 20.4. The van der Waals surface area contributed by atoms with Gasteiger partial charge in [-0.3, -0.25) is 14.7 Å². The maximum Gasteiger partial charge on any atom is 0.229 e. The van der Waals surface area contributed by atoms with E-state index in [0.717, 1.165) is 33.2 Å². The number of benzene rings is 2. The van der Waals surface area contributed by atoms with Gasteiger partial charge in [0.15, 0.2) is 5.13 Å². The van der Waals surface area contributed by atoms with Crippen molar-refractivity contribution in [1.82, 2.24) is 9.97 Å². The molecule has 4 nitrogen and oxygen atoms in total. The first-order valence-electron chi connectivity index (χ1n) is 10.4. The molecule has 0 bridgehead atoms. The van der Waals surface area contributed by atoms with Crippen LogP contribution in [0.15, 0.2) is 71.8 Å². The Kier molecular flexibility index (Phi) is 6.99. The quantitative estimate of drug-likeness (QED) is 0.298. The molecule has 6 heteroatoms. The monoisotopic (exact) mass is 447 g/mol. The van der Waals surface area contributed by atoms with Crippen LogP contribution in [0.4, 0.5) is 5.13 Å². The average Bonchev–Trinajstić information content (AvgIpc) is 3.23. The van der Waals surface area contributed by atoms with E-state index in [4.69, 9.17) is 4.98 Å². The van der Waals surface area contributed by atoms with Crippen molar-refractivity contribution < 1.29 is 4.79 Å². The van der Waals surface area contributed by atoms with Crippen molar-refractivity contribution in [3.63, 3.8) is 0 Å². The molecule has 0 aliphatic rings. The number of hydrogen-bond acceptors (Lipinski definition) is 5. The Morgan fingerprint density at radius 3 is 2.65 bits per heavy atom. The van der Waals surface area contributed by atoms with Crippen molar-refractivity contribution in [3.05, 3.63) is 83.7 Å². The molecule has 2 aromatic heterocycles. The Labute approximate surface area is 191 Å². The summed E-state index contributed by atoms with van der Waals surface area (Å²) in [5.74, 6) is 0.800. The molecular weight excluding hydrogens is 422 g/mol. The lowest BCUT2D eigenvalue weighted by atomic mass is 10.1. The molecule has 0 spiro atoms. The highest BCUT2D eigenvalue weighted by Gasteiger charge is 2.21. The lowest BCUT2D eigenvalue weighted by molar-refractivity contribution is -0.118. The SMILES string of the molecule is CCc1cccc2sc(N(Cc3ccccn3)C(=O)CCSc3ccc(C)cc3)nc12. The standard InChI is InChI=1S/C25H25N3OS2/c1-3-19-7-6-9-22-24(19)27-25(31-22)28(17-20-8-4-5-15-26-20)23(29)14-16-30-21-12-10-18(2)11-13-21/h4-13,15H,3,14,16-17H2,1-2H3. The van der Waals surface area contributed by atoms with E-state index in [1.165, 1.54) is 16.0 Å². The van der Waals surface area contributed by atoms with Gasteiger partial charge in [0, 0.05) is 23.3 Å². The maximum absolute atomic E-state index is 13.3. The second-order valence-electron chi connectivity index (χ2n) is 7.33. The summed E-state index contributed by atoms with van der Waals surface area (Å²) in [6.07, 6.45) is 3.13. The zero-order chi connectivity index (χ0) is 21.6. The van der Waals surface area contributed by atoms with Gasteiger partial charge in [-0.05, 0) is 49.2 Å². The first-order chi connectivity index (χ1) is 15.1. The first kappa shape index (κ1) is 21.5. The lowest BCUT2D eigenvalue weighted by Gasteiger charge is -2.19. The minimum Gasteiger partial charge on any atom is -0.282 e. The van der Waals surface area contributed by atoms with E-state index >= 15 is 0 Å². The Bertz CT molecular complexity index is 1160. The van der Waals surface area contributed by atoms with Crippen LogP contribution in [0, 0.1) is 6.92 Å². The predicted molar refractivity (Wildman–Crippen MR) is 131 cm³/mol. The van der Waals surface area contributed by atoms with Gasteiger partial charge in [0.1, 0.15) is 0 Å². The van der Waals surface area contributed by atoms with Gasteiger partial charge < -0.3 is 0 Å². The number of aryl methyl sites for hydroxylation is 2. The Morgan fingerprint density at radius 2 is 1.90 bits per heavy atom. The van der Waals surface area contributed by atoms with E-state index in [1.54, 1.807) is 34.2 Å². The molecule has 4 aromatic rings. The van der Waals surface area contributed by atoms with Crippen LogP contribution in [0.1, 0.15) is 30.2 Å². The van der Waals surface area contributed by atoms with Crippen molar-refractivity contribution in [2.24, 2.45) is 0 Å². The molecular formula is C25H25N3OS2. The number of aromatic nitrogens is 2. The molecule has 158 valence electrons. The van der Waals surface area contributed by atoms with Crippen molar-refractivity contribution in [3.8, 4) is 0 Å². The summed E-state index contributed by atoms with van der Waals surface area (Å²) in [7, 11) is 0. The topological polar surface area (TPSA) is 46.1 Å². The third-order valence-corrected chi connectivity index (χ3v) is 7.11. The summed E-state index contributed by atoms with van der Waals surface area (Å²) in [5, 5.41) is 0.742. The van der Waals surface area contributed by atoms with Crippen LogP contribution in [0.3, 0.4) is 0 Å². The number of para-hydroxylation sites is 1. The summed E-state index contributed by atoms with van der Waals surface area (Å²) in [5.41, 5.74) is 4.30. The van der Waals surface area contributed by atoms with Crippen LogP contribution in [-0.4, -0.2) is 21.6 Å². The number of rotatable bonds is 8. The van der Waals surface area contributed by atoms with Crippen LogP contribution in [0.2, 0.25) is 0 Å². The Morgan fingerprint density at radius 1 is 1.06 bits per heavy atom. The molecule has 31 heavy (non-hydrogen) atoms. The molecule has 0 atom stereocenters. The third kappa shape index (κ3) is 5.32. The Balaban J connectivity index is 1.55. The maximum atomic E-state index is 13.3. The van der Waals surface area contributed by atoms with Crippen LogP contribution in [0.25, 0.3) is 10.2 Å². The van der Waals surface area contributed by atoms with E-state index in [0.29, 0.717) is 13.0 Å². The normalized spacial score (nSPS) is 11.0. The molecule has 2 aromatic carbocycles. The molecule has 0 fully saturated rings. The number of thiazole rings is 1.